The van der Waals surface area contributed by atoms with Crippen molar-refractivity contribution in [3.8, 4) is 0 Å². The molecular formula is C15H24O3. The van der Waals surface area contributed by atoms with Gasteiger partial charge in [0, 0.05) is 13.7 Å². The summed E-state index contributed by atoms with van der Waals surface area (Å²) in [4.78, 5) is 0. The highest BCUT2D eigenvalue weighted by Crippen LogP contribution is 2.06. The summed E-state index contributed by atoms with van der Waals surface area (Å²) < 4.78 is 15.9. The molecule has 0 aliphatic carbocycles. The molecule has 102 valence electrons. The van der Waals surface area contributed by atoms with E-state index in [1.807, 2.05) is 18.2 Å². The second-order valence-corrected chi connectivity index (χ2v) is 4.42. The van der Waals surface area contributed by atoms with Gasteiger partial charge in [0.05, 0.1) is 12.7 Å². The molecule has 1 atom stereocenters. The lowest BCUT2D eigenvalue weighted by atomic mass is 10.2. The van der Waals surface area contributed by atoms with Crippen LogP contribution in [-0.2, 0) is 20.8 Å². The maximum absolute atomic E-state index is 5.62. The molecular weight excluding hydrogens is 228 g/mol. The van der Waals surface area contributed by atoms with E-state index in [0.29, 0.717) is 13.4 Å². The lowest BCUT2D eigenvalue weighted by Gasteiger charge is -2.11. The van der Waals surface area contributed by atoms with Gasteiger partial charge in [-0.2, -0.15) is 0 Å². The van der Waals surface area contributed by atoms with Gasteiger partial charge in [-0.25, -0.2) is 0 Å². The van der Waals surface area contributed by atoms with Gasteiger partial charge in [-0.3, -0.25) is 0 Å². The number of rotatable bonds is 10. The molecule has 0 amide bonds. The van der Waals surface area contributed by atoms with E-state index in [-0.39, 0.29) is 6.10 Å². The Morgan fingerprint density at radius 1 is 1.11 bits per heavy atom. The molecule has 3 heteroatoms. The molecule has 0 heterocycles. The van der Waals surface area contributed by atoms with E-state index in [0.717, 1.165) is 25.9 Å². The van der Waals surface area contributed by atoms with Gasteiger partial charge in [-0.1, -0.05) is 30.3 Å². The van der Waals surface area contributed by atoms with Crippen molar-refractivity contribution in [3.63, 3.8) is 0 Å². The Labute approximate surface area is 110 Å². The molecule has 0 fully saturated rings. The number of benzene rings is 1. The lowest BCUT2D eigenvalue weighted by molar-refractivity contribution is -0.0682. The highest BCUT2D eigenvalue weighted by molar-refractivity contribution is 5.13. The van der Waals surface area contributed by atoms with Crippen LogP contribution in [0.3, 0.4) is 0 Å². The average Bonchev–Trinajstić information content (AvgIpc) is 2.41. The number of hydrogen-bond acceptors (Lipinski definition) is 3. The van der Waals surface area contributed by atoms with Gasteiger partial charge in [0.1, 0.15) is 6.79 Å². The maximum Gasteiger partial charge on any atom is 0.146 e. The van der Waals surface area contributed by atoms with Crippen molar-refractivity contribution >= 4 is 0 Å². The molecule has 0 saturated heterocycles. The van der Waals surface area contributed by atoms with Crippen LogP contribution in [0, 0.1) is 0 Å². The Bertz CT molecular complexity index is 287. The fourth-order valence-corrected chi connectivity index (χ4v) is 1.67. The van der Waals surface area contributed by atoms with Gasteiger partial charge in [0.25, 0.3) is 0 Å². The average molecular weight is 252 g/mol. The van der Waals surface area contributed by atoms with Crippen molar-refractivity contribution in [1.29, 1.82) is 0 Å². The zero-order valence-electron chi connectivity index (χ0n) is 11.4. The summed E-state index contributed by atoms with van der Waals surface area (Å²) in [6.45, 7) is 3.97. The Morgan fingerprint density at radius 2 is 1.89 bits per heavy atom. The molecule has 0 bridgehead atoms. The van der Waals surface area contributed by atoms with Crippen LogP contribution in [0.1, 0.15) is 31.7 Å². The minimum Gasteiger partial charge on any atom is -0.377 e. The maximum atomic E-state index is 5.62. The Hall–Kier alpha value is -0.900. The van der Waals surface area contributed by atoms with Crippen LogP contribution >= 0.6 is 0 Å². The molecule has 0 saturated carbocycles. The first kappa shape index (κ1) is 15.2. The Balaban J connectivity index is 1.93. The minimum absolute atomic E-state index is 0.263. The third-order valence-electron chi connectivity index (χ3n) is 2.73. The monoisotopic (exact) mass is 252 g/mol. The molecule has 1 rings (SSSR count). The number of methoxy groups -OCH3 is 1. The van der Waals surface area contributed by atoms with E-state index in [9.17, 15) is 0 Å². The predicted octanol–water partition coefficient (Wildman–Crippen LogP) is 3.38. The molecule has 0 spiro atoms. The Morgan fingerprint density at radius 3 is 2.61 bits per heavy atom. The molecule has 1 aromatic carbocycles. The largest absolute Gasteiger partial charge is 0.377 e. The SMILES string of the molecule is COCO[C@H](C)CCCCOCc1ccccc1. The van der Waals surface area contributed by atoms with Crippen LogP contribution < -0.4 is 0 Å². The van der Waals surface area contributed by atoms with Gasteiger partial charge in [0.2, 0.25) is 0 Å². The van der Waals surface area contributed by atoms with Gasteiger partial charge in [-0.05, 0) is 31.7 Å². The quantitative estimate of drug-likeness (QED) is 0.472. The molecule has 18 heavy (non-hydrogen) atoms. The standard InChI is InChI=1S/C15H24O3/c1-14(18-13-16-2)8-6-7-11-17-12-15-9-4-3-5-10-15/h3-5,9-10,14H,6-8,11-13H2,1-2H3/t14-/m1/s1. The van der Waals surface area contributed by atoms with E-state index in [1.165, 1.54) is 5.56 Å². The molecule has 0 unspecified atom stereocenters. The van der Waals surface area contributed by atoms with Crippen LogP contribution in [0.2, 0.25) is 0 Å². The lowest BCUT2D eigenvalue weighted by Crippen LogP contribution is -2.10. The van der Waals surface area contributed by atoms with Crippen molar-refractivity contribution in [2.45, 2.75) is 38.9 Å². The zero-order chi connectivity index (χ0) is 13.1. The summed E-state index contributed by atoms with van der Waals surface area (Å²) in [5.41, 5.74) is 1.23. The molecule has 0 aliphatic rings. The van der Waals surface area contributed by atoms with Crippen molar-refractivity contribution in [2.24, 2.45) is 0 Å². The van der Waals surface area contributed by atoms with Crippen LogP contribution in [0.4, 0.5) is 0 Å². The molecule has 0 radical (unpaired) electrons. The fraction of sp³-hybridized carbons (Fsp3) is 0.600. The molecule has 3 nitrogen and oxygen atoms in total. The third kappa shape index (κ3) is 7.43. The van der Waals surface area contributed by atoms with Gasteiger partial charge >= 0.3 is 0 Å². The van der Waals surface area contributed by atoms with Gasteiger partial charge in [-0.15, -0.1) is 0 Å². The third-order valence-corrected chi connectivity index (χ3v) is 2.73. The summed E-state index contributed by atoms with van der Waals surface area (Å²) in [6.07, 6.45) is 3.52. The molecule has 0 N–H and O–H groups in total. The second-order valence-electron chi connectivity index (χ2n) is 4.42. The first-order valence-corrected chi connectivity index (χ1v) is 6.55. The topological polar surface area (TPSA) is 27.7 Å². The number of unbranched alkanes of at least 4 members (excludes halogenated alkanes) is 1. The van der Waals surface area contributed by atoms with Crippen LogP contribution in [0.15, 0.2) is 30.3 Å². The first-order valence-electron chi connectivity index (χ1n) is 6.55. The zero-order valence-corrected chi connectivity index (χ0v) is 11.4. The van der Waals surface area contributed by atoms with Crippen molar-refractivity contribution in [2.75, 3.05) is 20.5 Å². The number of ether oxygens (including phenoxy) is 3. The van der Waals surface area contributed by atoms with Crippen LogP contribution in [0.5, 0.6) is 0 Å². The highest BCUT2D eigenvalue weighted by Gasteiger charge is 2.01. The van der Waals surface area contributed by atoms with Gasteiger partial charge < -0.3 is 14.2 Å². The summed E-state index contributed by atoms with van der Waals surface area (Å²) in [5, 5.41) is 0. The highest BCUT2D eigenvalue weighted by atomic mass is 16.7. The van der Waals surface area contributed by atoms with Crippen molar-refractivity contribution in [3.05, 3.63) is 35.9 Å². The van der Waals surface area contributed by atoms with E-state index in [2.05, 4.69) is 19.1 Å². The number of hydrogen-bond donors (Lipinski definition) is 0. The van der Waals surface area contributed by atoms with Gasteiger partial charge in [0.15, 0.2) is 0 Å². The normalized spacial score (nSPS) is 12.6. The summed E-state index contributed by atoms with van der Waals surface area (Å²) in [6, 6.07) is 10.3. The van der Waals surface area contributed by atoms with Crippen LogP contribution in [0.25, 0.3) is 0 Å². The Kier molecular flexibility index (Phi) is 8.47. The van der Waals surface area contributed by atoms with Crippen LogP contribution in [-0.4, -0.2) is 26.6 Å². The first-order chi connectivity index (χ1) is 8.83. The van der Waals surface area contributed by atoms with Crippen molar-refractivity contribution in [1.82, 2.24) is 0 Å². The molecule has 1 aromatic rings. The summed E-state index contributed by atoms with van der Waals surface area (Å²) >= 11 is 0. The summed E-state index contributed by atoms with van der Waals surface area (Å²) in [7, 11) is 1.64. The molecule has 0 aromatic heterocycles. The predicted molar refractivity (Wildman–Crippen MR) is 72.4 cm³/mol. The fourth-order valence-electron chi connectivity index (χ4n) is 1.67. The minimum atomic E-state index is 0.263. The van der Waals surface area contributed by atoms with E-state index in [4.69, 9.17) is 14.2 Å². The smallest absolute Gasteiger partial charge is 0.146 e. The second kappa shape index (κ2) is 10.1. The van der Waals surface area contributed by atoms with E-state index < -0.39 is 0 Å². The molecule has 0 aliphatic heterocycles. The van der Waals surface area contributed by atoms with Crippen molar-refractivity contribution < 1.29 is 14.2 Å². The van der Waals surface area contributed by atoms with E-state index in [1.54, 1.807) is 7.11 Å². The van der Waals surface area contributed by atoms with E-state index >= 15 is 0 Å². The summed E-state index contributed by atoms with van der Waals surface area (Å²) in [5.74, 6) is 0.